The predicted octanol–water partition coefficient (Wildman–Crippen LogP) is 3.38. The molecule has 2 rings (SSSR count). The van der Waals surface area contributed by atoms with Gasteiger partial charge in [-0.1, -0.05) is 24.3 Å². The van der Waals surface area contributed by atoms with Gasteiger partial charge in [0.1, 0.15) is 5.75 Å². The van der Waals surface area contributed by atoms with Crippen LogP contribution in [0.1, 0.15) is 12.0 Å². The number of ether oxygens (including phenoxy) is 3. The SMILES string of the molecule is COc1ccccc1OCCC(=O)NCc1ccc(OC(F)F)cc1. The fraction of sp³-hybridized carbons (Fsp3) is 0.278. The number of para-hydroxylation sites is 2. The number of nitrogens with one attached hydrogen (secondary N) is 1. The van der Waals surface area contributed by atoms with Crippen LogP contribution in [-0.4, -0.2) is 26.2 Å². The summed E-state index contributed by atoms with van der Waals surface area (Å²) in [5.74, 6) is 1.08. The Labute approximate surface area is 144 Å². The first-order valence-corrected chi connectivity index (χ1v) is 7.64. The van der Waals surface area contributed by atoms with Gasteiger partial charge in [0.05, 0.1) is 20.1 Å². The quantitative estimate of drug-likeness (QED) is 0.752. The molecule has 0 heterocycles. The maximum absolute atomic E-state index is 12.1. The molecule has 2 aromatic rings. The lowest BCUT2D eigenvalue weighted by atomic mass is 10.2. The standard InChI is InChI=1S/C18H19F2NO4/c1-23-15-4-2-3-5-16(15)24-11-10-17(22)21-12-13-6-8-14(9-7-13)25-18(19)20/h2-9,18H,10-12H2,1H3,(H,21,22). The van der Waals surface area contributed by atoms with Gasteiger partial charge in [0.25, 0.3) is 0 Å². The molecule has 25 heavy (non-hydrogen) atoms. The van der Waals surface area contributed by atoms with Crippen LogP contribution in [0.4, 0.5) is 8.78 Å². The van der Waals surface area contributed by atoms with Crippen molar-refractivity contribution in [3.8, 4) is 17.2 Å². The van der Waals surface area contributed by atoms with Crippen molar-refractivity contribution in [1.29, 1.82) is 0 Å². The van der Waals surface area contributed by atoms with Crippen molar-refractivity contribution in [3.05, 3.63) is 54.1 Å². The van der Waals surface area contributed by atoms with Gasteiger partial charge in [-0.25, -0.2) is 0 Å². The molecule has 0 unspecified atom stereocenters. The fourth-order valence-electron chi connectivity index (χ4n) is 2.07. The number of hydrogen-bond donors (Lipinski definition) is 1. The van der Waals surface area contributed by atoms with E-state index >= 15 is 0 Å². The lowest BCUT2D eigenvalue weighted by molar-refractivity contribution is -0.121. The van der Waals surface area contributed by atoms with E-state index in [2.05, 4.69) is 10.1 Å². The summed E-state index contributed by atoms with van der Waals surface area (Å²) in [6.45, 7) is -2.34. The summed E-state index contributed by atoms with van der Waals surface area (Å²) in [6, 6.07) is 13.3. The summed E-state index contributed by atoms with van der Waals surface area (Å²) in [6.07, 6.45) is 0.185. The van der Waals surface area contributed by atoms with Gasteiger partial charge in [0.2, 0.25) is 5.91 Å². The topological polar surface area (TPSA) is 56.8 Å². The zero-order chi connectivity index (χ0) is 18.1. The predicted molar refractivity (Wildman–Crippen MR) is 88.0 cm³/mol. The van der Waals surface area contributed by atoms with E-state index in [1.165, 1.54) is 12.1 Å². The highest BCUT2D eigenvalue weighted by Crippen LogP contribution is 2.25. The molecule has 5 nitrogen and oxygen atoms in total. The largest absolute Gasteiger partial charge is 0.493 e. The summed E-state index contributed by atoms with van der Waals surface area (Å²) in [7, 11) is 1.55. The molecule has 0 aliphatic carbocycles. The molecule has 1 amide bonds. The van der Waals surface area contributed by atoms with Crippen molar-refractivity contribution in [3.63, 3.8) is 0 Å². The molecule has 2 aromatic carbocycles. The molecular weight excluding hydrogens is 332 g/mol. The van der Waals surface area contributed by atoms with Gasteiger partial charge < -0.3 is 19.5 Å². The van der Waals surface area contributed by atoms with Crippen LogP contribution in [0.3, 0.4) is 0 Å². The smallest absolute Gasteiger partial charge is 0.387 e. The van der Waals surface area contributed by atoms with Crippen LogP contribution < -0.4 is 19.5 Å². The Morgan fingerprint density at radius 3 is 2.40 bits per heavy atom. The Kier molecular flexibility index (Phi) is 7.00. The molecule has 0 saturated heterocycles. The van der Waals surface area contributed by atoms with Crippen LogP contribution in [-0.2, 0) is 11.3 Å². The van der Waals surface area contributed by atoms with Gasteiger partial charge >= 0.3 is 6.61 Å². The molecule has 0 spiro atoms. The van der Waals surface area contributed by atoms with E-state index in [1.807, 2.05) is 12.1 Å². The second kappa shape index (κ2) is 9.46. The van der Waals surface area contributed by atoms with E-state index in [0.29, 0.717) is 18.0 Å². The Balaban J connectivity index is 1.72. The van der Waals surface area contributed by atoms with E-state index < -0.39 is 6.61 Å². The summed E-state index contributed by atoms with van der Waals surface area (Å²) in [5, 5.41) is 2.73. The first-order chi connectivity index (χ1) is 12.1. The van der Waals surface area contributed by atoms with Crippen molar-refractivity contribution in [2.24, 2.45) is 0 Å². The number of carbonyl (C=O) groups is 1. The first kappa shape index (κ1) is 18.5. The Morgan fingerprint density at radius 1 is 1.08 bits per heavy atom. The van der Waals surface area contributed by atoms with Gasteiger partial charge in [-0.05, 0) is 29.8 Å². The molecule has 0 radical (unpaired) electrons. The molecule has 1 N–H and O–H groups in total. The highest BCUT2D eigenvalue weighted by Gasteiger charge is 2.06. The minimum atomic E-state index is -2.85. The van der Waals surface area contributed by atoms with Gasteiger partial charge in [0, 0.05) is 6.54 Å². The second-order valence-corrected chi connectivity index (χ2v) is 5.05. The van der Waals surface area contributed by atoms with E-state index in [9.17, 15) is 13.6 Å². The maximum Gasteiger partial charge on any atom is 0.387 e. The number of methoxy groups -OCH3 is 1. The van der Waals surface area contributed by atoms with Crippen LogP contribution in [0.5, 0.6) is 17.2 Å². The molecule has 0 atom stereocenters. The zero-order valence-electron chi connectivity index (χ0n) is 13.7. The Hall–Kier alpha value is -2.83. The van der Waals surface area contributed by atoms with E-state index in [4.69, 9.17) is 9.47 Å². The molecule has 0 aliphatic heterocycles. The average Bonchev–Trinajstić information content (AvgIpc) is 2.61. The van der Waals surface area contributed by atoms with Gasteiger partial charge in [-0.2, -0.15) is 8.78 Å². The Bertz CT molecular complexity index is 677. The molecular formula is C18H19F2NO4. The van der Waals surface area contributed by atoms with Crippen molar-refractivity contribution >= 4 is 5.91 Å². The minimum Gasteiger partial charge on any atom is -0.493 e. The number of alkyl halides is 2. The zero-order valence-corrected chi connectivity index (χ0v) is 13.7. The van der Waals surface area contributed by atoms with Crippen LogP contribution >= 0.6 is 0 Å². The summed E-state index contributed by atoms with van der Waals surface area (Å²) in [5.41, 5.74) is 0.778. The molecule has 0 bridgehead atoms. The number of rotatable bonds is 9. The Morgan fingerprint density at radius 2 is 1.76 bits per heavy atom. The van der Waals surface area contributed by atoms with Gasteiger partial charge in [0.15, 0.2) is 11.5 Å². The fourth-order valence-corrected chi connectivity index (χ4v) is 2.07. The van der Waals surface area contributed by atoms with E-state index in [-0.39, 0.29) is 24.7 Å². The molecule has 0 saturated carbocycles. The van der Waals surface area contributed by atoms with Crippen molar-refractivity contribution in [2.75, 3.05) is 13.7 Å². The lowest BCUT2D eigenvalue weighted by Crippen LogP contribution is -2.24. The second-order valence-electron chi connectivity index (χ2n) is 5.05. The number of benzene rings is 2. The lowest BCUT2D eigenvalue weighted by Gasteiger charge is -2.10. The third-order valence-corrected chi connectivity index (χ3v) is 3.29. The van der Waals surface area contributed by atoms with Crippen LogP contribution in [0, 0.1) is 0 Å². The third-order valence-electron chi connectivity index (χ3n) is 3.29. The molecule has 7 heteroatoms. The molecule has 0 aromatic heterocycles. The summed E-state index contributed by atoms with van der Waals surface area (Å²) < 4.78 is 39.1. The number of carbonyl (C=O) groups excluding carboxylic acids is 1. The summed E-state index contributed by atoms with van der Waals surface area (Å²) >= 11 is 0. The van der Waals surface area contributed by atoms with Crippen LogP contribution in [0.2, 0.25) is 0 Å². The molecule has 0 fully saturated rings. The highest BCUT2D eigenvalue weighted by molar-refractivity contribution is 5.76. The van der Waals surface area contributed by atoms with Gasteiger partial charge in [-0.3, -0.25) is 4.79 Å². The number of amides is 1. The van der Waals surface area contributed by atoms with Gasteiger partial charge in [-0.15, -0.1) is 0 Å². The number of halogens is 2. The van der Waals surface area contributed by atoms with Crippen molar-refractivity contribution in [2.45, 2.75) is 19.6 Å². The third kappa shape index (κ3) is 6.29. The average molecular weight is 351 g/mol. The first-order valence-electron chi connectivity index (χ1n) is 7.64. The van der Waals surface area contributed by atoms with E-state index in [1.54, 1.807) is 31.4 Å². The van der Waals surface area contributed by atoms with Crippen LogP contribution in [0.25, 0.3) is 0 Å². The maximum atomic E-state index is 12.1. The van der Waals surface area contributed by atoms with E-state index in [0.717, 1.165) is 5.56 Å². The van der Waals surface area contributed by atoms with Crippen molar-refractivity contribution < 1.29 is 27.8 Å². The summed E-state index contributed by atoms with van der Waals surface area (Å²) in [4.78, 5) is 11.8. The highest BCUT2D eigenvalue weighted by atomic mass is 19.3. The molecule has 134 valence electrons. The molecule has 0 aliphatic rings. The number of hydrogen-bond acceptors (Lipinski definition) is 4. The van der Waals surface area contributed by atoms with Crippen LogP contribution in [0.15, 0.2) is 48.5 Å². The van der Waals surface area contributed by atoms with Crippen molar-refractivity contribution in [1.82, 2.24) is 5.32 Å². The normalized spacial score (nSPS) is 10.4. The monoisotopic (exact) mass is 351 g/mol. The minimum absolute atomic E-state index is 0.0790.